The molecule has 0 aromatic heterocycles. The first kappa shape index (κ1) is 13.8. The van der Waals surface area contributed by atoms with E-state index in [-0.39, 0.29) is 0 Å². The molecule has 0 aromatic rings. The lowest BCUT2D eigenvalue weighted by atomic mass is 9.73. The smallest absolute Gasteiger partial charge is 0.0235 e. The fourth-order valence-corrected chi connectivity index (χ4v) is 4.15. The molecule has 3 aliphatic rings. The van der Waals surface area contributed by atoms with Gasteiger partial charge in [0, 0.05) is 31.2 Å². The second-order valence-corrected chi connectivity index (χ2v) is 7.44. The van der Waals surface area contributed by atoms with Gasteiger partial charge in [0.15, 0.2) is 0 Å². The average Bonchev–Trinajstić information content (AvgIpc) is 2.77. The first-order valence-corrected chi connectivity index (χ1v) is 8.37. The SMILES string of the molecule is CC(C)C1CC(N2CCC(N3CCC(N)CC3)C2)C1. The van der Waals surface area contributed by atoms with Gasteiger partial charge in [-0.3, -0.25) is 9.80 Å². The predicted molar refractivity (Wildman–Crippen MR) is 80.1 cm³/mol. The van der Waals surface area contributed by atoms with Crippen molar-refractivity contribution in [2.75, 3.05) is 26.2 Å². The van der Waals surface area contributed by atoms with Gasteiger partial charge >= 0.3 is 0 Å². The Morgan fingerprint density at radius 1 is 0.895 bits per heavy atom. The molecule has 3 fully saturated rings. The zero-order valence-corrected chi connectivity index (χ0v) is 12.7. The van der Waals surface area contributed by atoms with Gasteiger partial charge in [0.25, 0.3) is 0 Å². The van der Waals surface area contributed by atoms with Crippen LogP contribution < -0.4 is 5.73 Å². The third-order valence-corrected chi connectivity index (χ3v) is 5.89. The molecule has 0 bridgehead atoms. The van der Waals surface area contributed by atoms with E-state index >= 15 is 0 Å². The van der Waals surface area contributed by atoms with Crippen LogP contribution in [0.3, 0.4) is 0 Å². The van der Waals surface area contributed by atoms with Gasteiger partial charge < -0.3 is 5.73 Å². The van der Waals surface area contributed by atoms with Crippen LogP contribution in [0.2, 0.25) is 0 Å². The van der Waals surface area contributed by atoms with E-state index in [2.05, 4.69) is 23.6 Å². The molecule has 3 rings (SSSR count). The van der Waals surface area contributed by atoms with E-state index in [1.54, 1.807) is 0 Å². The number of hydrogen-bond acceptors (Lipinski definition) is 3. The molecule has 1 unspecified atom stereocenters. The molecule has 3 heteroatoms. The van der Waals surface area contributed by atoms with E-state index in [0.717, 1.165) is 23.9 Å². The highest BCUT2D eigenvalue weighted by molar-refractivity contribution is 4.94. The molecule has 0 aromatic carbocycles. The van der Waals surface area contributed by atoms with Crippen LogP contribution in [-0.2, 0) is 0 Å². The van der Waals surface area contributed by atoms with Gasteiger partial charge in [-0.25, -0.2) is 0 Å². The first-order valence-electron chi connectivity index (χ1n) is 8.37. The summed E-state index contributed by atoms with van der Waals surface area (Å²) < 4.78 is 0. The highest BCUT2D eigenvalue weighted by atomic mass is 15.3. The van der Waals surface area contributed by atoms with Crippen molar-refractivity contribution in [3.05, 3.63) is 0 Å². The second-order valence-electron chi connectivity index (χ2n) is 7.44. The van der Waals surface area contributed by atoms with Gasteiger partial charge in [-0.2, -0.15) is 0 Å². The zero-order chi connectivity index (χ0) is 13.4. The van der Waals surface area contributed by atoms with E-state index in [9.17, 15) is 0 Å². The number of hydrogen-bond donors (Lipinski definition) is 1. The van der Waals surface area contributed by atoms with E-state index in [4.69, 9.17) is 5.73 Å². The van der Waals surface area contributed by atoms with Crippen LogP contribution in [0.15, 0.2) is 0 Å². The molecule has 0 radical (unpaired) electrons. The van der Waals surface area contributed by atoms with Crippen molar-refractivity contribution < 1.29 is 0 Å². The maximum Gasteiger partial charge on any atom is 0.0235 e. The summed E-state index contributed by atoms with van der Waals surface area (Å²) in [6.07, 6.45) is 6.70. The monoisotopic (exact) mass is 265 g/mol. The lowest BCUT2D eigenvalue weighted by Crippen LogP contribution is -2.49. The molecule has 110 valence electrons. The Balaban J connectivity index is 1.43. The largest absolute Gasteiger partial charge is 0.328 e. The Kier molecular flexibility index (Phi) is 4.16. The Morgan fingerprint density at radius 3 is 2.16 bits per heavy atom. The van der Waals surface area contributed by atoms with Gasteiger partial charge in [0.2, 0.25) is 0 Å². The summed E-state index contributed by atoms with van der Waals surface area (Å²) in [4.78, 5) is 5.49. The topological polar surface area (TPSA) is 32.5 Å². The van der Waals surface area contributed by atoms with Crippen LogP contribution >= 0.6 is 0 Å². The van der Waals surface area contributed by atoms with E-state index in [0.29, 0.717) is 6.04 Å². The third-order valence-electron chi connectivity index (χ3n) is 5.89. The molecule has 2 saturated heterocycles. The third kappa shape index (κ3) is 2.98. The molecule has 0 amide bonds. The number of likely N-dealkylation sites (tertiary alicyclic amines) is 2. The summed E-state index contributed by atoms with van der Waals surface area (Å²) in [5.74, 6) is 1.88. The van der Waals surface area contributed by atoms with Crippen molar-refractivity contribution in [3.8, 4) is 0 Å². The minimum atomic E-state index is 0.465. The van der Waals surface area contributed by atoms with Crippen molar-refractivity contribution in [2.24, 2.45) is 17.6 Å². The number of rotatable bonds is 3. The molecule has 1 saturated carbocycles. The lowest BCUT2D eigenvalue weighted by molar-refractivity contribution is 0.0633. The highest BCUT2D eigenvalue weighted by Gasteiger charge is 2.39. The van der Waals surface area contributed by atoms with Crippen LogP contribution in [0.5, 0.6) is 0 Å². The van der Waals surface area contributed by atoms with Crippen molar-refractivity contribution in [1.82, 2.24) is 9.80 Å². The Morgan fingerprint density at radius 2 is 1.53 bits per heavy atom. The predicted octanol–water partition coefficient (Wildman–Crippen LogP) is 1.92. The molecular formula is C16H31N3. The number of nitrogens with zero attached hydrogens (tertiary/aromatic N) is 2. The van der Waals surface area contributed by atoms with Crippen LogP contribution in [-0.4, -0.2) is 54.1 Å². The van der Waals surface area contributed by atoms with E-state index < -0.39 is 0 Å². The molecule has 2 aliphatic heterocycles. The number of nitrogens with two attached hydrogens (primary N) is 1. The second kappa shape index (κ2) is 5.71. The standard InChI is InChI=1S/C16H31N3/c1-12(2)13-9-16(10-13)19-8-5-15(11-19)18-6-3-14(17)4-7-18/h12-16H,3-11,17H2,1-2H3. The Hall–Kier alpha value is -0.120. The molecule has 0 spiro atoms. The van der Waals surface area contributed by atoms with Crippen LogP contribution in [0.1, 0.15) is 46.0 Å². The summed E-state index contributed by atoms with van der Waals surface area (Å²) in [5.41, 5.74) is 6.01. The fraction of sp³-hybridized carbons (Fsp3) is 1.00. The average molecular weight is 265 g/mol. The first-order chi connectivity index (χ1) is 9.13. The van der Waals surface area contributed by atoms with Gasteiger partial charge in [-0.05, 0) is 57.0 Å². The minimum absolute atomic E-state index is 0.465. The van der Waals surface area contributed by atoms with E-state index in [1.165, 1.54) is 58.3 Å². The van der Waals surface area contributed by atoms with Gasteiger partial charge in [-0.1, -0.05) is 13.8 Å². The normalized spacial score (nSPS) is 38.8. The van der Waals surface area contributed by atoms with Crippen LogP contribution in [0, 0.1) is 11.8 Å². The van der Waals surface area contributed by atoms with E-state index in [1.807, 2.05) is 0 Å². The van der Waals surface area contributed by atoms with Gasteiger partial charge in [-0.15, -0.1) is 0 Å². The lowest BCUT2D eigenvalue weighted by Gasteiger charge is -2.44. The Labute approximate surface area is 118 Å². The molecule has 1 atom stereocenters. The van der Waals surface area contributed by atoms with Crippen molar-refractivity contribution >= 4 is 0 Å². The zero-order valence-electron chi connectivity index (χ0n) is 12.7. The maximum atomic E-state index is 6.01. The summed E-state index contributed by atoms with van der Waals surface area (Å²) in [5, 5.41) is 0. The summed E-state index contributed by atoms with van der Waals surface area (Å²) in [6, 6.07) is 2.20. The molecule has 2 heterocycles. The maximum absolute atomic E-state index is 6.01. The van der Waals surface area contributed by atoms with Crippen molar-refractivity contribution in [2.45, 2.75) is 64.1 Å². The molecular weight excluding hydrogens is 234 g/mol. The molecule has 19 heavy (non-hydrogen) atoms. The van der Waals surface area contributed by atoms with Crippen LogP contribution in [0.25, 0.3) is 0 Å². The van der Waals surface area contributed by atoms with Gasteiger partial charge in [0.05, 0.1) is 0 Å². The summed E-state index contributed by atoms with van der Waals surface area (Å²) in [7, 11) is 0. The van der Waals surface area contributed by atoms with Crippen molar-refractivity contribution in [1.29, 1.82) is 0 Å². The quantitative estimate of drug-likeness (QED) is 0.846. The fourth-order valence-electron chi connectivity index (χ4n) is 4.15. The molecule has 2 N–H and O–H groups in total. The van der Waals surface area contributed by atoms with Crippen molar-refractivity contribution in [3.63, 3.8) is 0 Å². The van der Waals surface area contributed by atoms with Crippen LogP contribution in [0.4, 0.5) is 0 Å². The summed E-state index contributed by atoms with van der Waals surface area (Å²) >= 11 is 0. The number of piperidine rings is 1. The van der Waals surface area contributed by atoms with Gasteiger partial charge in [0.1, 0.15) is 0 Å². The highest BCUT2D eigenvalue weighted by Crippen LogP contribution is 2.38. The molecule has 3 nitrogen and oxygen atoms in total. The summed E-state index contributed by atoms with van der Waals surface area (Å²) in [6.45, 7) is 9.89. The molecule has 1 aliphatic carbocycles. The minimum Gasteiger partial charge on any atom is -0.328 e. The Bertz CT molecular complexity index is 290.